The molecule has 1 aliphatic heterocycles. The number of ether oxygens (including phenoxy) is 1. The topological polar surface area (TPSA) is 41.6 Å². The van der Waals surface area contributed by atoms with Crippen molar-refractivity contribution in [2.75, 3.05) is 26.7 Å². The number of halogens is 1. The molecular formula is C17H23FN2O2. The molecule has 2 fully saturated rings. The number of alkyl halides is 1. The van der Waals surface area contributed by atoms with Crippen molar-refractivity contribution in [2.24, 2.45) is 0 Å². The van der Waals surface area contributed by atoms with E-state index >= 15 is 0 Å². The Kier molecular flexibility index (Phi) is 4.34. The van der Waals surface area contributed by atoms with Gasteiger partial charge in [-0.25, -0.2) is 9.18 Å². The van der Waals surface area contributed by atoms with Crippen molar-refractivity contribution in [1.82, 2.24) is 10.2 Å². The molecule has 0 spiro atoms. The third kappa shape index (κ3) is 3.40. The summed E-state index contributed by atoms with van der Waals surface area (Å²) >= 11 is 0. The number of piperidine rings is 1. The molecule has 1 amide bonds. The van der Waals surface area contributed by atoms with Crippen molar-refractivity contribution in [2.45, 2.75) is 36.9 Å². The zero-order chi connectivity index (χ0) is 15.6. The SMILES string of the molecule is COC(=O)N1CCC(F)(CN[C@@H]2C[C@H]2c2ccccc2)CC1. The van der Waals surface area contributed by atoms with E-state index in [2.05, 4.69) is 22.2 Å². The summed E-state index contributed by atoms with van der Waals surface area (Å²) in [6.45, 7) is 1.23. The van der Waals surface area contributed by atoms with E-state index in [4.69, 9.17) is 0 Å². The van der Waals surface area contributed by atoms with Crippen LogP contribution in [0, 0.1) is 0 Å². The van der Waals surface area contributed by atoms with Crippen LogP contribution in [0.1, 0.15) is 30.7 Å². The normalized spacial score (nSPS) is 26.5. The number of likely N-dealkylation sites (tertiary alicyclic amines) is 1. The molecule has 120 valence electrons. The van der Waals surface area contributed by atoms with Gasteiger partial charge in [0.2, 0.25) is 0 Å². The summed E-state index contributed by atoms with van der Waals surface area (Å²) < 4.78 is 19.5. The molecule has 4 nitrogen and oxygen atoms in total. The Morgan fingerprint density at radius 1 is 1.36 bits per heavy atom. The number of benzene rings is 1. The lowest BCUT2D eigenvalue weighted by molar-refractivity contribution is 0.0503. The van der Waals surface area contributed by atoms with E-state index in [1.54, 1.807) is 4.90 Å². The second kappa shape index (κ2) is 6.24. The second-order valence-electron chi connectivity index (χ2n) is 6.35. The third-order valence-corrected chi connectivity index (χ3v) is 4.79. The van der Waals surface area contributed by atoms with Gasteiger partial charge in [-0.2, -0.15) is 0 Å². The van der Waals surface area contributed by atoms with E-state index in [1.807, 2.05) is 18.2 Å². The van der Waals surface area contributed by atoms with Gasteiger partial charge in [0, 0.05) is 44.4 Å². The van der Waals surface area contributed by atoms with Crippen molar-refractivity contribution >= 4 is 6.09 Å². The first-order valence-electron chi connectivity index (χ1n) is 7.91. The maximum Gasteiger partial charge on any atom is 0.409 e. The molecule has 1 aromatic carbocycles. The van der Waals surface area contributed by atoms with Gasteiger partial charge in [0.15, 0.2) is 0 Å². The summed E-state index contributed by atoms with van der Waals surface area (Å²) in [5.41, 5.74) is 0.113. The van der Waals surface area contributed by atoms with Gasteiger partial charge in [-0.3, -0.25) is 0 Å². The number of amides is 1. The largest absolute Gasteiger partial charge is 0.453 e. The van der Waals surface area contributed by atoms with Crippen LogP contribution in [0.4, 0.5) is 9.18 Å². The van der Waals surface area contributed by atoms with Crippen molar-refractivity contribution < 1.29 is 13.9 Å². The Labute approximate surface area is 130 Å². The number of carbonyl (C=O) groups excluding carboxylic acids is 1. The Morgan fingerprint density at radius 2 is 2.05 bits per heavy atom. The first kappa shape index (κ1) is 15.3. The number of nitrogens with one attached hydrogen (secondary N) is 1. The highest BCUT2D eigenvalue weighted by Crippen LogP contribution is 2.41. The van der Waals surface area contributed by atoms with E-state index in [0.29, 0.717) is 44.4 Å². The maximum atomic E-state index is 14.8. The average Bonchev–Trinajstić information content (AvgIpc) is 3.34. The number of hydrogen-bond donors (Lipinski definition) is 1. The standard InChI is InChI=1S/C17H23FN2O2/c1-22-16(21)20-9-7-17(18,8-10-20)12-19-15-11-14(15)13-5-3-2-4-6-13/h2-6,14-15,19H,7-12H2,1H3/t14-,15+/m0/s1. The lowest BCUT2D eigenvalue weighted by Gasteiger charge is -2.35. The quantitative estimate of drug-likeness (QED) is 0.930. The van der Waals surface area contributed by atoms with E-state index < -0.39 is 5.67 Å². The van der Waals surface area contributed by atoms with Crippen LogP contribution in [0.15, 0.2) is 30.3 Å². The number of rotatable bonds is 4. The van der Waals surface area contributed by atoms with E-state index in [1.165, 1.54) is 12.7 Å². The Bertz CT molecular complexity index is 515. The number of carbonyl (C=O) groups is 1. The second-order valence-corrected chi connectivity index (χ2v) is 6.35. The predicted molar refractivity (Wildman–Crippen MR) is 82.6 cm³/mol. The minimum absolute atomic E-state index is 0.360. The third-order valence-electron chi connectivity index (χ3n) is 4.79. The zero-order valence-corrected chi connectivity index (χ0v) is 12.9. The van der Waals surface area contributed by atoms with E-state index in [-0.39, 0.29) is 6.09 Å². The number of methoxy groups -OCH3 is 1. The van der Waals surface area contributed by atoms with Crippen molar-refractivity contribution in [3.63, 3.8) is 0 Å². The summed E-state index contributed by atoms with van der Waals surface area (Å²) in [6.07, 6.45) is 1.46. The molecule has 1 aliphatic carbocycles. The molecule has 1 saturated carbocycles. The fourth-order valence-electron chi connectivity index (χ4n) is 3.20. The average molecular weight is 306 g/mol. The van der Waals surface area contributed by atoms with Crippen molar-refractivity contribution in [3.05, 3.63) is 35.9 Å². The fourth-order valence-corrected chi connectivity index (χ4v) is 3.20. The molecule has 22 heavy (non-hydrogen) atoms. The van der Waals surface area contributed by atoms with Gasteiger partial charge < -0.3 is 15.0 Å². The molecule has 1 saturated heterocycles. The molecule has 1 N–H and O–H groups in total. The summed E-state index contributed by atoms with van der Waals surface area (Å²) in [7, 11) is 1.36. The van der Waals surface area contributed by atoms with Crippen LogP contribution in [0.25, 0.3) is 0 Å². The number of hydrogen-bond acceptors (Lipinski definition) is 3. The van der Waals surface area contributed by atoms with Crippen LogP contribution in [0.2, 0.25) is 0 Å². The van der Waals surface area contributed by atoms with Crippen LogP contribution >= 0.6 is 0 Å². The number of nitrogens with zero attached hydrogens (tertiary/aromatic N) is 1. The van der Waals surface area contributed by atoms with Gasteiger partial charge >= 0.3 is 6.09 Å². The highest BCUT2D eigenvalue weighted by molar-refractivity contribution is 5.67. The smallest absolute Gasteiger partial charge is 0.409 e. The van der Waals surface area contributed by atoms with Crippen LogP contribution in [-0.4, -0.2) is 49.4 Å². The van der Waals surface area contributed by atoms with Crippen molar-refractivity contribution in [1.29, 1.82) is 0 Å². The molecule has 5 heteroatoms. The van der Waals surface area contributed by atoms with Gasteiger partial charge in [0.05, 0.1) is 7.11 Å². The zero-order valence-electron chi connectivity index (χ0n) is 12.9. The lowest BCUT2D eigenvalue weighted by Crippen LogP contribution is -2.49. The van der Waals surface area contributed by atoms with Crippen LogP contribution < -0.4 is 5.32 Å². The fraction of sp³-hybridized carbons (Fsp3) is 0.588. The first-order chi connectivity index (χ1) is 10.6. The molecule has 0 unspecified atom stereocenters. The molecule has 2 atom stereocenters. The molecule has 0 radical (unpaired) electrons. The maximum absolute atomic E-state index is 14.8. The van der Waals surface area contributed by atoms with Gasteiger partial charge in [-0.05, 0) is 12.0 Å². The van der Waals surface area contributed by atoms with E-state index in [0.717, 1.165) is 6.42 Å². The van der Waals surface area contributed by atoms with Crippen LogP contribution in [-0.2, 0) is 4.74 Å². The van der Waals surface area contributed by atoms with Gasteiger partial charge in [-0.1, -0.05) is 30.3 Å². The summed E-state index contributed by atoms with van der Waals surface area (Å²) in [4.78, 5) is 13.0. The van der Waals surface area contributed by atoms with Crippen molar-refractivity contribution in [3.8, 4) is 0 Å². The van der Waals surface area contributed by atoms with E-state index in [9.17, 15) is 9.18 Å². The van der Waals surface area contributed by atoms with Crippen LogP contribution in [0.3, 0.4) is 0 Å². The predicted octanol–water partition coefficient (Wildman–Crippen LogP) is 2.70. The Morgan fingerprint density at radius 3 is 2.68 bits per heavy atom. The van der Waals surface area contributed by atoms with Gasteiger partial charge in [-0.15, -0.1) is 0 Å². The Balaban J connectivity index is 1.44. The highest BCUT2D eigenvalue weighted by atomic mass is 19.1. The van der Waals surface area contributed by atoms with Gasteiger partial charge in [0.1, 0.15) is 5.67 Å². The molecule has 3 rings (SSSR count). The highest BCUT2D eigenvalue weighted by Gasteiger charge is 2.42. The molecular weight excluding hydrogens is 283 g/mol. The summed E-state index contributed by atoms with van der Waals surface area (Å²) in [6, 6.07) is 10.8. The van der Waals surface area contributed by atoms with Gasteiger partial charge in [0.25, 0.3) is 0 Å². The van der Waals surface area contributed by atoms with Crippen LogP contribution in [0.5, 0.6) is 0 Å². The minimum Gasteiger partial charge on any atom is -0.453 e. The minimum atomic E-state index is -1.21. The monoisotopic (exact) mass is 306 g/mol. The molecule has 1 aromatic rings. The summed E-state index contributed by atoms with van der Waals surface area (Å²) in [5, 5.41) is 3.36. The molecule has 2 aliphatic rings. The molecule has 0 bridgehead atoms. The molecule has 0 aromatic heterocycles. The summed E-state index contributed by atoms with van der Waals surface area (Å²) in [5.74, 6) is 0.514. The molecule has 1 heterocycles. The Hall–Kier alpha value is -1.62. The lowest BCUT2D eigenvalue weighted by atomic mass is 9.93. The first-order valence-corrected chi connectivity index (χ1v) is 7.91.